The second kappa shape index (κ2) is 32.9. The molecule has 0 saturated heterocycles. The van der Waals surface area contributed by atoms with Crippen molar-refractivity contribution < 1.29 is 4.39 Å². The minimum absolute atomic E-state index is 0.0201. The number of halogens is 1. The van der Waals surface area contributed by atoms with E-state index in [0.29, 0.717) is 5.66 Å². The van der Waals surface area contributed by atoms with Crippen LogP contribution in [0.15, 0.2) is 97.1 Å². The Morgan fingerprint density at radius 1 is 0.411 bits per heavy atom. The molecule has 1 nitrogen and oxygen atoms in total. The third-order valence-corrected chi connectivity index (χ3v) is 42.1. The summed E-state index contributed by atoms with van der Waals surface area (Å²) >= 11 is 0. The molecule has 0 aliphatic heterocycles. The largest absolute Gasteiger partial charge is 0.203 e. The van der Waals surface area contributed by atoms with Crippen molar-refractivity contribution in [1.82, 2.24) is 4.86 Å². The molecule has 0 heterocycles. The van der Waals surface area contributed by atoms with E-state index in [1.165, 1.54) is 205 Å². The van der Waals surface area contributed by atoms with Crippen molar-refractivity contribution in [2.45, 2.75) is 270 Å². The summed E-state index contributed by atoms with van der Waals surface area (Å²) in [6.07, 6.45) is 29.6. The highest BCUT2D eigenvalue weighted by molar-refractivity contribution is 7.96. The van der Waals surface area contributed by atoms with Crippen molar-refractivity contribution in [3.05, 3.63) is 103 Å². The predicted octanol–water partition coefficient (Wildman–Crippen LogP) is 18.8. The molecule has 1 fully saturated rings. The fourth-order valence-corrected chi connectivity index (χ4v) is 38.7. The van der Waals surface area contributed by atoms with Crippen molar-refractivity contribution in [2.24, 2.45) is 0 Å². The maximum atomic E-state index is 17.5. The lowest BCUT2D eigenvalue weighted by Crippen LogP contribution is -2.49. The Balaban J connectivity index is 1.81. The fourth-order valence-electron chi connectivity index (χ4n) is 13.4. The molecule has 1 atom stereocenters. The van der Waals surface area contributed by atoms with E-state index in [1.54, 1.807) is 21.6 Å². The Morgan fingerprint density at radius 2 is 0.712 bits per heavy atom. The number of hydrogen-bond donors (Lipinski definition) is 1. The molecule has 0 bridgehead atoms. The van der Waals surface area contributed by atoms with E-state index in [9.17, 15) is 0 Å². The molecule has 0 amide bonds. The fraction of sp³-hybridized carbons (Fsp3) is 0.636. The number of unbranched alkanes of at least 4 members (excludes halogenated alkanes) is 9. The van der Waals surface area contributed by atoms with Gasteiger partial charge in [0.05, 0.1) is 38.0 Å². The van der Waals surface area contributed by atoms with Crippen molar-refractivity contribution in [1.29, 1.82) is 0 Å². The molecule has 1 aliphatic rings. The summed E-state index contributed by atoms with van der Waals surface area (Å²) < 4.78 is 17.5. The van der Waals surface area contributed by atoms with Gasteiger partial charge in [0.15, 0.2) is 18.5 Å². The van der Waals surface area contributed by atoms with Crippen molar-refractivity contribution in [2.75, 3.05) is 0 Å². The summed E-state index contributed by atoms with van der Waals surface area (Å²) in [5.74, 6) is -0.0201. The summed E-state index contributed by atoms with van der Waals surface area (Å²) in [5.41, 5.74) is 0.379. The highest BCUT2D eigenvalue weighted by Gasteiger charge is 2.54. The average molecular weight is 1080 g/mol. The highest BCUT2D eigenvalue weighted by atomic mass is 31.2. The van der Waals surface area contributed by atoms with E-state index in [4.69, 9.17) is 4.86 Å². The molecule has 5 rings (SSSR count). The molecular formula is C66H109FNP2Si3+. The van der Waals surface area contributed by atoms with Gasteiger partial charge in [0.2, 0.25) is 0 Å². The molecule has 73 heavy (non-hydrogen) atoms. The van der Waals surface area contributed by atoms with Gasteiger partial charge in [-0.25, -0.2) is 4.39 Å². The standard InChI is InChI=1S/C66H109FNP2Si3/c1-10-19-49-71(50-20-11-2,51-21-12-3)62-43-37-58(38-44-62)69(59-39-45-63(46-40-59)72(52-22-13-4,53-23-14-5)54-24-15-6)68-70(60-33-29-28-30-34-60,66-36-32-31-35-65(66)67)61-41-47-64(48-42-61)73(55-25-16-7,56-26-17-8)57-27-18-9/h31-32,35-48,60,68H,10-30,33-34,49-57H2,1-9H3/q+1. The van der Waals surface area contributed by atoms with Crippen LogP contribution in [0.1, 0.15) is 210 Å². The molecule has 4 aromatic rings. The second-order valence-corrected chi connectivity index (χ2v) is 42.9. The molecule has 7 heteroatoms. The summed E-state index contributed by atoms with van der Waals surface area (Å²) in [5, 5.41) is 10.2. The van der Waals surface area contributed by atoms with Crippen LogP contribution in [0, 0.1) is 5.82 Å². The molecule has 0 aromatic heterocycles. The second-order valence-electron chi connectivity index (χ2n) is 23.3. The summed E-state index contributed by atoms with van der Waals surface area (Å²) in [7, 11) is -8.82. The van der Waals surface area contributed by atoms with Crippen LogP contribution in [-0.4, -0.2) is 29.9 Å². The van der Waals surface area contributed by atoms with Crippen LogP contribution in [0.5, 0.6) is 0 Å². The third-order valence-electron chi connectivity index (χ3n) is 18.1. The van der Waals surface area contributed by atoms with Crippen LogP contribution >= 0.6 is 15.5 Å². The van der Waals surface area contributed by atoms with Gasteiger partial charge in [0.1, 0.15) is 5.30 Å². The van der Waals surface area contributed by atoms with Gasteiger partial charge >= 0.3 is 0 Å². The normalized spacial score (nSPS) is 14.8. The molecule has 406 valence electrons. The highest BCUT2D eigenvalue weighted by Crippen LogP contribution is 2.65. The van der Waals surface area contributed by atoms with E-state index < -0.39 is 39.7 Å². The summed E-state index contributed by atoms with van der Waals surface area (Å²) in [4.78, 5) is 4.80. The zero-order valence-electron chi connectivity index (χ0n) is 48.7. The molecule has 1 aliphatic carbocycles. The Morgan fingerprint density at radius 3 is 1.01 bits per heavy atom. The van der Waals surface area contributed by atoms with E-state index in [-0.39, 0.29) is 5.82 Å². The topological polar surface area (TPSA) is 12.0 Å². The van der Waals surface area contributed by atoms with Gasteiger partial charge in [-0.3, -0.25) is 0 Å². The molecule has 0 radical (unpaired) electrons. The van der Waals surface area contributed by atoms with Gasteiger partial charge in [-0.1, -0.05) is 327 Å². The quantitative estimate of drug-likeness (QED) is 0.0351. The smallest absolute Gasteiger partial charge is 0.167 e. The van der Waals surface area contributed by atoms with Gasteiger partial charge in [-0.15, -0.1) is 0 Å². The minimum Gasteiger partial charge on any atom is -0.203 e. The zero-order chi connectivity index (χ0) is 52.4. The van der Waals surface area contributed by atoms with Crippen LogP contribution in [0.4, 0.5) is 4.39 Å². The van der Waals surface area contributed by atoms with Gasteiger partial charge < -0.3 is 0 Å². The maximum absolute atomic E-state index is 17.5. The Bertz CT molecular complexity index is 1950. The predicted molar refractivity (Wildman–Crippen MR) is 342 cm³/mol. The SMILES string of the molecule is CCCC[Si](CCCC)(CCCC)c1ccc(P(N[P+](c2ccc([Si](CCCC)(CCCC)CCCC)cc2)(c2ccccc2F)C2CCCCC2)c2ccc([Si](CCCC)(CCCC)CCCC)cc2)cc1. The van der Waals surface area contributed by atoms with Gasteiger partial charge in [-0.2, -0.15) is 4.86 Å². The molecule has 1 N–H and O–H groups in total. The number of hydrogen-bond acceptors (Lipinski definition) is 1. The van der Waals surface area contributed by atoms with Crippen LogP contribution in [0.2, 0.25) is 54.4 Å². The monoisotopic (exact) mass is 1080 g/mol. The van der Waals surface area contributed by atoms with Gasteiger partial charge in [0, 0.05) is 0 Å². The van der Waals surface area contributed by atoms with Crippen LogP contribution in [0.3, 0.4) is 0 Å². The van der Waals surface area contributed by atoms with E-state index in [2.05, 4.69) is 147 Å². The van der Waals surface area contributed by atoms with Gasteiger partial charge in [-0.05, 0) is 60.6 Å². The molecule has 4 aromatic carbocycles. The molecule has 1 saturated carbocycles. The first kappa shape index (κ1) is 62.1. The summed E-state index contributed by atoms with van der Waals surface area (Å²) in [6.45, 7) is 21.5. The first-order valence-corrected chi connectivity index (χ1v) is 42.3. The first-order chi connectivity index (χ1) is 35.6. The van der Waals surface area contributed by atoms with Crippen molar-refractivity contribution in [3.8, 4) is 0 Å². The third kappa shape index (κ3) is 16.4. The summed E-state index contributed by atoms with van der Waals surface area (Å²) in [6, 6.07) is 52.0. The maximum Gasteiger partial charge on any atom is 0.167 e. The Hall–Kier alpha value is -1.72. The lowest BCUT2D eigenvalue weighted by molar-refractivity contribution is 0.509. The van der Waals surface area contributed by atoms with E-state index in [1.807, 2.05) is 6.07 Å². The lowest BCUT2D eigenvalue weighted by Gasteiger charge is -2.40. The minimum atomic E-state index is -2.58. The van der Waals surface area contributed by atoms with E-state index in [0.717, 1.165) is 18.1 Å². The average Bonchev–Trinajstić information content (AvgIpc) is 3.44. The number of benzene rings is 4. The van der Waals surface area contributed by atoms with Crippen LogP contribution in [-0.2, 0) is 0 Å². The zero-order valence-corrected chi connectivity index (χ0v) is 53.5. The van der Waals surface area contributed by atoms with Crippen molar-refractivity contribution in [3.63, 3.8) is 0 Å². The number of rotatable bonds is 37. The first-order valence-electron chi connectivity index (χ1n) is 31.2. The van der Waals surface area contributed by atoms with Crippen LogP contribution < -0.4 is 41.6 Å². The van der Waals surface area contributed by atoms with Gasteiger partial charge in [0.25, 0.3) is 0 Å². The molecule has 1 unspecified atom stereocenters. The Labute approximate surface area is 455 Å². The van der Waals surface area contributed by atoms with Crippen molar-refractivity contribution >= 4 is 76.5 Å². The molecular weight excluding hydrogens is 972 g/mol. The van der Waals surface area contributed by atoms with E-state index >= 15 is 4.39 Å². The molecule has 0 spiro atoms. The Kier molecular flexibility index (Phi) is 28.0. The van der Waals surface area contributed by atoms with Crippen LogP contribution in [0.25, 0.3) is 0 Å². The number of nitrogens with one attached hydrogen (secondary N) is 1. The lowest BCUT2D eigenvalue weighted by atomic mass is 10.0.